The van der Waals surface area contributed by atoms with Crippen LogP contribution in [0, 0.1) is 6.92 Å². The molecule has 0 spiro atoms. The summed E-state index contributed by atoms with van der Waals surface area (Å²) in [6, 6.07) is 16.1. The topological polar surface area (TPSA) is 71.9 Å². The van der Waals surface area contributed by atoms with E-state index in [9.17, 15) is 4.79 Å². The molecule has 1 N–H and O–H groups in total. The number of carbonyl (C=O) groups excluding carboxylic acids is 1. The Hall–Kier alpha value is -3.68. The van der Waals surface area contributed by atoms with Crippen molar-refractivity contribution in [1.29, 1.82) is 0 Å². The molecule has 1 saturated heterocycles. The molecule has 4 rings (SSSR count). The van der Waals surface area contributed by atoms with Gasteiger partial charge in [-0.3, -0.25) is 4.90 Å². The lowest BCUT2D eigenvalue weighted by atomic mass is 10.0. The monoisotopic (exact) mass is 477 g/mol. The van der Waals surface area contributed by atoms with Gasteiger partial charge in [0.15, 0.2) is 11.5 Å². The number of urea groups is 1. The van der Waals surface area contributed by atoms with Gasteiger partial charge in [-0.1, -0.05) is 18.2 Å². The average molecular weight is 478 g/mol. The van der Waals surface area contributed by atoms with E-state index in [1.54, 1.807) is 14.2 Å². The van der Waals surface area contributed by atoms with Gasteiger partial charge in [-0.25, -0.2) is 9.78 Å². The Labute approximate surface area is 207 Å². The Morgan fingerprint density at radius 2 is 1.83 bits per heavy atom. The molecule has 0 atom stereocenters. The number of para-hydroxylation sites is 1. The Kier molecular flexibility index (Phi) is 8.13. The molecule has 186 valence electrons. The molecular weight excluding hydrogens is 442 g/mol. The SMILES string of the molecule is COc1ccc(N(C(=O)NCCCn2cncc2C)C2CCN(c3ccccc3)CC2)cc1OC. The summed E-state index contributed by atoms with van der Waals surface area (Å²) < 4.78 is 13.0. The van der Waals surface area contributed by atoms with Gasteiger partial charge >= 0.3 is 6.03 Å². The van der Waals surface area contributed by atoms with E-state index in [1.807, 2.05) is 48.6 Å². The van der Waals surface area contributed by atoms with Crippen LogP contribution in [0.4, 0.5) is 16.2 Å². The summed E-state index contributed by atoms with van der Waals surface area (Å²) in [5.41, 5.74) is 3.15. The lowest BCUT2D eigenvalue weighted by Gasteiger charge is -2.39. The van der Waals surface area contributed by atoms with E-state index in [4.69, 9.17) is 9.47 Å². The smallest absolute Gasteiger partial charge is 0.322 e. The number of amides is 2. The molecule has 0 aliphatic carbocycles. The van der Waals surface area contributed by atoms with Gasteiger partial charge in [-0.15, -0.1) is 0 Å². The summed E-state index contributed by atoms with van der Waals surface area (Å²) in [6.45, 7) is 5.23. The van der Waals surface area contributed by atoms with Crippen molar-refractivity contribution in [3.63, 3.8) is 0 Å². The van der Waals surface area contributed by atoms with Crippen molar-refractivity contribution in [2.75, 3.05) is 43.7 Å². The van der Waals surface area contributed by atoms with Crippen LogP contribution in [0.3, 0.4) is 0 Å². The molecule has 8 heteroatoms. The number of hydrogen-bond acceptors (Lipinski definition) is 5. The number of imidazole rings is 1. The number of piperidine rings is 1. The number of ether oxygens (including phenoxy) is 2. The fourth-order valence-electron chi connectivity index (χ4n) is 4.64. The second-order valence-electron chi connectivity index (χ2n) is 8.78. The number of hydrogen-bond donors (Lipinski definition) is 1. The summed E-state index contributed by atoms with van der Waals surface area (Å²) >= 11 is 0. The fourth-order valence-corrected chi connectivity index (χ4v) is 4.64. The van der Waals surface area contributed by atoms with Crippen molar-refractivity contribution in [2.24, 2.45) is 0 Å². The number of aryl methyl sites for hydroxylation is 2. The Morgan fingerprint density at radius 1 is 1.09 bits per heavy atom. The highest BCUT2D eigenvalue weighted by Gasteiger charge is 2.30. The Bertz CT molecular complexity index is 1090. The zero-order valence-corrected chi connectivity index (χ0v) is 20.8. The first-order chi connectivity index (χ1) is 17.1. The van der Waals surface area contributed by atoms with Gasteiger partial charge in [0.25, 0.3) is 0 Å². The molecule has 2 heterocycles. The van der Waals surface area contributed by atoms with Crippen molar-refractivity contribution in [3.05, 3.63) is 66.7 Å². The lowest BCUT2D eigenvalue weighted by Crippen LogP contribution is -2.51. The third kappa shape index (κ3) is 5.88. The van der Waals surface area contributed by atoms with Crippen molar-refractivity contribution in [3.8, 4) is 11.5 Å². The summed E-state index contributed by atoms with van der Waals surface area (Å²) in [7, 11) is 3.23. The molecule has 1 aliphatic heterocycles. The van der Waals surface area contributed by atoms with Crippen LogP contribution in [0.1, 0.15) is 25.0 Å². The minimum atomic E-state index is -0.0854. The Morgan fingerprint density at radius 3 is 2.49 bits per heavy atom. The molecule has 1 aliphatic rings. The second-order valence-corrected chi connectivity index (χ2v) is 8.78. The number of anilines is 2. The number of rotatable bonds is 9. The van der Waals surface area contributed by atoms with Crippen LogP contribution in [-0.2, 0) is 6.54 Å². The molecule has 1 fully saturated rings. The Balaban J connectivity index is 1.46. The highest BCUT2D eigenvalue weighted by molar-refractivity contribution is 5.93. The van der Waals surface area contributed by atoms with Gasteiger partial charge in [0.2, 0.25) is 0 Å². The summed E-state index contributed by atoms with van der Waals surface area (Å²) in [5.74, 6) is 1.26. The van der Waals surface area contributed by atoms with Crippen molar-refractivity contribution < 1.29 is 14.3 Å². The number of methoxy groups -OCH3 is 2. The van der Waals surface area contributed by atoms with Crippen LogP contribution in [0.15, 0.2) is 61.1 Å². The van der Waals surface area contributed by atoms with Crippen LogP contribution >= 0.6 is 0 Å². The minimum absolute atomic E-state index is 0.0854. The van der Waals surface area contributed by atoms with Gasteiger partial charge in [-0.2, -0.15) is 0 Å². The predicted octanol–water partition coefficient (Wildman–Crippen LogP) is 4.48. The molecule has 35 heavy (non-hydrogen) atoms. The van der Waals surface area contributed by atoms with Gasteiger partial charge in [-0.05, 0) is 50.5 Å². The lowest BCUT2D eigenvalue weighted by molar-refractivity contribution is 0.242. The molecule has 0 unspecified atom stereocenters. The van der Waals surface area contributed by atoms with Crippen molar-refractivity contribution >= 4 is 17.4 Å². The molecule has 3 aromatic rings. The van der Waals surface area contributed by atoms with E-state index in [2.05, 4.69) is 44.0 Å². The normalized spacial score (nSPS) is 14.0. The molecule has 0 bridgehead atoms. The van der Waals surface area contributed by atoms with Crippen LogP contribution in [-0.4, -0.2) is 55.5 Å². The standard InChI is InChI=1S/C27H35N5O3/c1-21-19-28-20-31(21)15-7-14-29-27(33)32(24-10-11-25(34-2)26(18-24)35-3)23-12-16-30(17-13-23)22-8-5-4-6-9-22/h4-6,8-11,18-20,23H,7,12-17H2,1-3H3,(H,29,33). The summed E-state index contributed by atoms with van der Waals surface area (Å²) in [6.07, 6.45) is 6.26. The quantitative estimate of drug-likeness (QED) is 0.460. The van der Waals surface area contributed by atoms with E-state index < -0.39 is 0 Å². The van der Waals surface area contributed by atoms with Gasteiger partial charge in [0, 0.05) is 61.6 Å². The highest BCUT2D eigenvalue weighted by atomic mass is 16.5. The number of aromatic nitrogens is 2. The third-order valence-electron chi connectivity index (χ3n) is 6.59. The maximum absolute atomic E-state index is 13.5. The second kappa shape index (κ2) is 11.6. The van der Waals surface area contributed by atoms with E-state index in [1.165, 1.54) is 5.69 Å². The maximum Gasteiger partial charge on any atom is 0.322 e. The largest absolute Gasteiger partial charge is 0.493 e. The first-order valence-electron chi connectivity index (χ1n) is 12.2. The predicted molar refractivity (Wildman–Crippen MR) is 139 cm³/mol. The highest BCUT2D eigenvalue weighted by Crippen LogP contribution is 2.34. The summed E-state index contributed by atoms with van der Waals surface area (Å²) in [4.78, 5) is 21.9. The van der Waals surface area contributed by atoms with E-state index in [0.29, 0.717) is 18.0 Å². The summed E-state index contributed by atoms with van der Waals surface area (Å²) in [5, 5.41) is 3.14. The van der Waals surface area contributed by atoms with Gasteiger partial charge in [0.05, 0.1) is 20.5 Å². The van der Waals surface area contributed by atoms with Crippen LogP contribution in [0.2, 0.25) is 0 Å². The molecule has 8 nitrogen and oxygen atoms in total. The first-order valence-corrected chi connectivity index (χ1v) is 12.2. The van der Waals surface area contributed by atoms with E-state index in [-0.39, 0.29) is 12.1 Å². The average Bonchev–Trinajstić information content (AvgIpc) is 3.32. The fraction of sp³-hybridized carbons (Fsp3) is 0.407. The molecule has 1 aromatic heterocycles. The molecule has 2 aromatic carbocycles. The van der Waals surface area contributed by atoms with Gasteiger partial charge < -0.3 is 24.3 Å². The maximum atomic E-state index is 13.5. The van der Waals surface area contributed by atoms with Gasteiger partial charge in [0.1, 0.15) is 0 Å². The number of nitrogens with zero attached hydrogens (tertiary/aromatic N) is 4. The molecule has 2 amide bonds. The van der Waals surface area contributed by atoms with Crippen molar-refractivity contribution in [1.82, 2.24) is 14.9 Å². The van der Waals surface area contributed by atoms with Crippen LogP contribution < -0.4 is 24.6 Å². The number of benzene rings is 2. The minimum Gasteiger partial charge on any atom is -0.493 e. The molecule has 0 radical (unpaired) electrons. The van der Waals surface area contributed by atoms with E-state index in [0.717, 1.165) is 50.3 Å². The zero-order valence-electron chi connectivity index (χ0n) is 20.8. The zero-order chi connectivity index (χ0) is 24.6. The third-order valence-corrected chi connectivity index (χ3v) is 6.59. The first kappa shape index (κ1) is 24.4. The van der Waals surface area contributed by atoms with E-state index >= 15 is 0 Å². The molecule has 0 saturated carbocycles. The van der Waals surface area contributed by atoms with Crippen LogP contribution in [0.5, 0.6) is 11.5 Å². The van der Waals surface area contributed by atoms with Crippen LogP contribution in [0.25, 0.3) is 0 Å². The number of nitrogens with one attached hydrogen (secondary N) is 1. The van der Waals surface area contributed by atoms with Crippen molar-refractivity contribution in [2.45, 2.75) is 38.8 Å². The number of carbonyl (C=O) groups is 1. The molecular formula is C27H35N5O3.